The molecular weight excluding hydrogens is 412 g/mol. The molecule has 3 aromatic rings. The molecule has 5 nitrogen and oxygen atoms in total. The number of nitrogens with zero attached hydrogens (tertiary/aromatic N) is 1. The number of hydrogen-bond acceptors (Lipinski definition) is 4. The summed E-state index contributed by atoms with van der Waals surface area (Å²) in [5, 5.41) is 0. The van der Waals surface area contributed by atoms with Crippen LogP contribution in [-0.2, 0) is 6.42 Å². The van der Waals surface area contributed by atoms with Gasteiger partial charge in [-0.3, -0.25) is 4.79 Å². The Morgan fingerprint density at radius 2 is 1.55 bits per heavy atom. The van der Waals surface area contributed by atoms with Gasteiger partial charge in [-0.15, -0.1) is 0 Å². The summed E-state index contributed by atoms with van der Waals surface area (Å²) in [6.45, 7) is 2.76. The number of rotatable bonds is 9. The number of carbonyl (C=O) groups excluding carboxylic acids is 1. The zero-order valence-corrected chi connectivity index (χ0v) is 19.0. The Balaban J connectivity index is 1.48. The molecule has 2 N–H and O–H groups in total. The van der Waals surface area contributed by atoms with Gasteiger partial charge in [-0.05, 0) is 61.6 Å². The first-order valence-electron chi connectivity index (χ1n) is 11.8. The van der Waals surface area contributed by atoms with Gasteiger partial charge in [-0.1, -0.05) is 48.5 Å². The molecule has 1 heterocycles. The largest absolute Gasteiger partial charge is 0.493 e. The molecule has 5 heteroatoms. The lowest BCUT2D eigenvalue weighted by atomic mass is 9.93. The lowest BCUT2D eigenvalue weighted by Crippen LogP contribution is -2.38. The van der Waals surface area contributed by atoms with Crippen LogP contribution in [0.15, 0.2) is 78.9 Å². The van der Waals surface area contributed by atoms with Crippen molar-refractivity contribution in [2.75, 3.05) is 26.2 Å². The van der Waals surface area contributed by atoms with Crippen LogP contribution in [0.25, 0.3) is 0 Å². The first kappa shape index (κ1) is 22.9. The van der Waals surface area contributed by atoms with Crippen molar-refractivity contribution in [1.29, 1.82) is 0 Å². The molecule has 33 heavy (non-hydrogen) atoms. The van der Waals surface area contributed by atoms with Gasteiger partial charge in [0.2, 0.25) is 0 Å². The fourth-order valence-corrected chi connectivity index (χ4v) is 4.24. The highest BCUT2D eigenvalue weighted by Gasteiger charge is 2.24. The summed E-state index contributed by atoms with van der Waals surface area (Å²) in [6.07, 6.45) is 3.83. The molecule has 0 spiro atoms. The third-order valence-corrected chi connectivity index (χ3v) is 6.08. The average molecular weight is 445 g/mol. The van der Waals surface area contributed by atoms with E-state index in [1.807, 2.05) is 71.6 Å². The van der Waals surface area contributed by atoms with Crippen molar-refractivity contribution in [2.45, 2.75) is 25.7 Å². The summed E-state index contributed by atoms with van der Waals surface area (Å²) >= 11 is 0. The molecule has 3 aromatic carbocycles. The lowest BCUT2D eigenvalue weighted by molar-refractivity contribution is 0.0687. The Bertz CT molecular complexity index is 1020. The zero-order valence-electron chi connectivity index (χ0n) is 19.0. The maximum absolute atomic E-state index is 13.3. The van der Waals surface area contributed by atoms with E-state index in [1.165, 1.54) is 5.56 Å². The molecule has 0 bridgehead atoms. The normalized spacial score (nSPS) is 14.2. The van der Waals surface area contributed by atoms with E-state index in [0.29, 0.717) is 36.1 Å². The SMILES string of the molecule is NCCC1CCN(C(=O)c2cc(OCCc3ccccc3)cc(Oc3ccccc3)c2)CC1. The van der Waals surface area contributed by atoms with Crippen molar-refractivity contribution < 1.29 is 14.3 Å². The van der Waals surface area contributed by atoms with Crippen LogP contribution in [0.4, 0.5) is 0 Å². The predicted octanol–water partition coefficient (Wildman–Crippen LogP) is 5.30. The van der Waals surface area contributed by atoms with Crippen molar-refractivity contribution in [3.8, 4) is 17.2 Å². The van der Waals surface area contributed by atoms with Crippen LogP contribution in [0, 0.1) is 5.92 Å². The smallest absolute Gasteiger partial charge is 0.254 e. The minimum Gasteiger partial charge on any atom is -0.493 e. The quantitative estimate of drug-likeness (QED) is 0.486. The van der Waals surface area contributed by atoms with Gasteiger partial charge < -0.3 is 20.1 Å². The van der Waals surface area contributed by atoms with Crippen LogP contribution in [0.5, 0.6) is 17.2 Å². The van der Waals surface area contributed by atoms with Crippen LogP contribution < -0.4 is 15.2 Å². The van der Waals surface area contributed by atoms with E-state index in [1.54, 1.807) is 0 Å². The van der Waals surface area contributed by atoms with E-state index in [0.717, 1.165) is 44.5 Å². The Morgan fingerprint density at radius 1 is 0.879 bits per heavy atom. The topological polar surface area (TPSA) is 64.8 Å². The molecule has 0 atom stereocenters. The molecule has 0 unspecified atom stereocenters. The molecule has 0 aromatic heterocycles. The number of ether oxygens (including phenoxy) is 2. The average Bonchev–Trinajstić information content (AvgIpc) is 2.85. The highest BCUT2D eigenvalue weighted by Crippen LogP contribution is 2.29. The molecule has 0 radical (unpaired) electrons. The van der Waals surface area contributed by atoms with Crippen molar-refractivity contribution >= 4 is 5.91 Å². The standard InChI is InChI=1S/C28H32N2O3/c29-15-11-23-12-16-30(17-13-23)28(31)24-19-26(32-18-14-22-7-3-1-4-8-22)21-27(20-24)33-25-9-5-2-6-10-25/h1-10,19-21,23H,11-18,29H2. The molecular formula is C28H32N2O3. The summed E-state index contributed by atoms with van der Waals surface area (Å²) in [5.74, 6) is 2.59. The van der Waals surface area contributed by atoms with Gasteiger partial charge >= 0.3 is 0 Å². The van der Waals surface area contributed by atoms with Crippen LogP contribution in [0.1, 0.15) is 35.2 Å². The maximum atomic E-state index is 13.3. The number of benzene rings is 3. The van der Waals surface area contributed by atoms with Gasteiger partial charge in [0.05, 0.1) is 6.61 Å². The Kier molecular flexibility index (Phi) is 7.99. The molecule has 1 aliphatic rings. The minimum absolute atomic E-state index is 0.0209. The third kappa shape index (κ3) is 6.59. The van der Waals surface area contributed by atoms with E-state index in [4.69, 9.17) is 15.2 Å². The molecule has 172 valence electrons. The van der Waals surface area contributed by atoms with Crippen molar-refractivity contribution in [2.24, 2.45) is 11.7 Å². The van der Waals surface area contributed by atoms with E-state index in [2.05, 4.69) is 12.1 Å². The van der Waals surface area contributed by atoms with E-state index >= 15 is 0 Å². The maximum Gasteiger partial charge on any atom is 0.254 e. The molecule has 1 amide bonds. The number of piperidine rings is 1. The second-order valence-corrected chi connectivity index (χ2v) is 8.51. The highest BCUT2D eigenvalue weighted by atomic mass is 16.5. The summed E-state index contributed by atoms with van der Waals surface area (Å²) < 4.78 is 12.1. The molecule has 4 rings (SSSR count). The van der Waals surface area contributed by atoms with Gasteiger partial charge in [0.1, 0.15) is 17.2 Å². The van der Waals surface area contributed by atoms with Gasteiger partial charge in [-0.25, -0.2) is 0 Å². The number of carbonyl (C=O) groups is 1. The van der Waals surface area contributed by atoms with E-state index in [9.17, 15) is 4.79 Å². The number of amides is 1. The monoisotopic (exact) mass is 444 g/mol. The van der Waals surface area contributed by atoms with Crippen molar-refractivity contribution in [3.05, 3.63) is 90.0 Å². The zero-order chi connectivity index (χ0) is 22.9. The summed E-state index contributed by atoms with van der Waals surface area (Å²) in [5.41, 5.74) is 7.52. The van der Waals surface area contributed by atoms with Gasteiger partial charge in [0.15, 0.2) is 0 Å². The first-order valence-corrected chi connectivity index (χ1v) is 11.8. The summed E-state index contributed by atoms with van der Waals surface area (Å²) in [6, 6.07) is 25.3. The first-order chi connectivity index (χ1) is 16.2. The predicted molar refractivity (Wildman–Crippen MR) is 131 cm³/mol. The molecule has 1 aliphatic heterocycles. The second kappa shape index (κ2) is 11.5. The Labute approximate surface area is 196 Å². The van der Waals surface area contributed by atoms with E-state index < -0.39 is 0 Å². The minimum atomic E-state index is 0.0209. The highest BCUT2D eigenvalue weighted by molar-refractivity contribution is 5.95. The molecule has 0 aliphatic carbocycles. The lowest BCUT2D eigenvalue weighted by Gasteiger charge is -2.32. The fourth-order valence-electron chi connectivity index (χ4n) is 4.24. The van der Waals surface area contributed by atoms with Crippen molar-refractivity contribution in [3.63, 3.8) is 0 Å². The third-order valence-electron chi connectivity index (χ3n) is 6.08. The van der Waals surface area contributed by atoms with E-state index in [-0.39, 0.29) is 5.91 Å². The fraction of sp³-hybridized carbons (Fsp3) is 0.321. The molecule has 1 saturated heterocycles. The van der Waals surface area contributed by atoms with Crippen molar-refractivity contribution in [1.82, 2.24) is 4.90 Å². The van der Waals surface area contributed by atoms with Gasteiger partial charge in [0, 0.05) is 31.1 Å². The van der Waals surface area contributed by atoms with Gasteiger partial charge in [-0.2, -0.15) is 0 Å². The van der Waals surface area contributed by atoms with Crippen LogP contribution in [0.2, 0.25) is 0 Å². The Hall–Kier alpha value is -3.31. The summed E-state index contributed by atoms with van der Waals surface area (Å²) in [7, 11) is 0. The summed E-state index contributed by atoms with van der Waals surface area (Å²) in [4.78, 5) is 15.2. The van der Waals surface area contributed by atoms with Crippen LogP contribution >= 0.6 is 0 Å². The second-order valence-electron chi connectivity index (χ2n) is 8.51. The van der Waals surface area contributed by atoms with Gasteiger partial charge in [0.25, 0.3) is 5.91 Å². The number of likely N-dealkylation sites (tertiary alicyclic amines) is 1. The van der Waals surface area contributed by atoms with Crippen LogP contribution in [0.3, 0.4) is 0 Å². The van der Waals surface area contributed by atoms with Crippen LogP contribution in [-0.4, -0.2) is 37.0 Å². The molecule has 0 saturated carbocycles. The number of para-hydroxylation sites is 1. The molecule has 1 fully saturated rings. The Morgan fingerprint density at radius 3 is 2.24 bits per heavy atom. The number of nitrogens with two attached hydrogens (primary N) is 1. The number of hydrogen-bond donors (Lipinski definition) is 1.